The number of hydrogen-bond acceptors (Lipinski definition) is 3. The summed E-state index contributed by atoms with van der Waals surface area (Å²) in [6.07, 6.45) is 0.791. The van der Waals surface area contributed by atoms with Crippen molar-refractivity contribution in [2.24, 2.45) is 0 Å². The average Bonchev–Trinajstić information content (AvgIpc) is 2.35. The zero-order valence-corrected chi connectivity index (χ0v) is 10.8. The molecule has 2 rings (SSSR count). The molecule has 0 aliphatic heterocycles. The first-order valence-corrected chi connectivity index (χ1v) is 5.92. The lowest BCUT2D eigenvalue weighted by Gasteiger charge is -2.10. The van der Waals surface area contributed by atoms with E-state index >= 15 is 0 Å². The van der Waals surface area contributed by atoms with E-state index in [4.69, 9.17) is 5.73 Å². The van der Waals surface area contributed by atoms with E-state index in [1.165, 1.54) is 6.07 Å². The van der Waals surface area contributed by atoms with Crippen LogP contribution in [0.15, 0.2) is 18.2 Å². The summed E-state index contributed by atoms with van der Waals surface area (Å²) in [5, 5.41) is 0. The number of rotatable bonds is 2. The minimum absolute atomic E-state index is 0.200. The van der Waals surface area contributed by atoms with Crippen molar-refractivity contribution in [2.75, 3.05) is 5.73 Å². The molecule has 0 fully saturated rings. The van der Waals surface area contributed by atoms with Crippen LogP contribution in [0.4, 0.5) is 10.3 Å². The largest absolute Gasteiger partial charge is 0.368 e. The van der Waals surface area contributed by atoms with Gasteiger partial charge in [0, 0.05) is 11.3 Å². The van der Waals surface area contributed by atoms with Crippen LogP contribution in [0.25, 0.3) is 11.3 Å². The van der Waals surface area contributed by atoms with Gasteiger partial charge in [-0.2, -0.15) is 0 Å². The molecule has 0 spiro atoms. The molecule has 3 nitrogen and oxygen atoms in total. The minimum Gasteiger partial charge on any atom is -0.368 e. The van der Waals surface area contributed by atoms with E-state index in [-0.39, 0.29) is 11.8 Å². The number of hydrogen-bond donors (Lipinski definition) is 1. The summed E-state index contributed by atoms with van der Waals surface area (Å²) in [6.45, 7) is 5.66. The molecule has 1 aromatic heterocycles. The summed E-state index contributed by atoms with van der Waals surface area (Å²) >= 11 is 0. The van der Waals surface area contributed by atoms with Crippen LogP contribution in [0, 0.1) is 19.7 Å². The smallest absolute Gasteiger partial charge is 0.220 e. The Balaban J connectivity index is 2.62. The number of nitrogens with two attached hydrogens (primary N) is 1. The molecule has 0 aliphatic carbocycles. The van der Waals surface area contributed by atoms with Crippen LogP contribution in [0.1, 0.15) is 23.7 Å². The van der Waals surface area contributed by atoms with Crippen LogP contribution in [0.2, 0.25) is 0 Å². The van der Waals surface area contributed by atoms with Gasteiger partial charge in [0.1, 0.15) is 5.82 Å². The standard InChI is InChI=1S/C14H16FN3/c1-4-10-7-13(18-14(16)17-10)11-5-6-12(15)9(3)8(11)2/h5-7H,4H2,1-3H3,(H2,16,17,18). The van der Waals surface area contributed by atoms with E-state index in [2.05, 4.69) is 9.97 Å². The highest BCUT2D eigenvalue weighted by Gasteiger charge is 2.10. The van der Waals surface area contributed by atoms with Gasteiger partial charge in [-0.3, -0.25) is 0 Å². The second kappa shape index (κ2) is 4.72. The first-order valence-electron chi connectivity index (χ1n) is 5.92. The van der Waals surface area contributed by atoms with Crippen LogP contribution in [-0.2, 0) is 6.42 Å². The van der Waals surface area contributed by atoms with Crippen molar-refractivity contribution in [1.82, 2.24) is 9.97 Å². The maximum absolute atomic E-state index is 13.4. The molecule has 0 unspecified atom stereocenters. The van der Waals surface area contributed by atoms with Gasteiger partial charge in [-0.05, 0) is 49.6 Å². The second-order valence-electron chi connectivity index (χ2n) is 4.30. The van der Waals surface area contributed by atoms with E-state index in [1.807, 2.05) is 19.9 Å². The molecule has 4 heteroatoms. The van der Waals surface area contributed by atoms with Crippen molar-refractivity contribution in [1.29, 1.82) is 0 Å². The zero-order chi connectivity index (χ0) is 13.3. The normalized spacial score (nSPS) is 10.7. The third kappa shape index (κ3) is 2.18. The molecule has 2 N–H and O–H groups in total. The maximum atomic E-state index is 13.4. The molecular formula is C14H16FN3. The van der Waals surface area contributed by atoms with E-state index in [0.29, 0.717) is 5.56 Å². The van der Waals surface area contributed by atoms with Gasteiger partial charge in [0.05, 0.1) is 5.69 Å². The summed E-state index contributed by atoms with van der Waals surface area (Å²) in [5.41, 5.74) is 9.76. The van der Waals surface area contributed by atoms with Gasteiger partial charge in [-0.1, -0.05) is 6.92 Å². The van der Waals surface area contributed by atoms with E-state index in [1.54, 1.807) is 13.0 Å². The number of aryl methyl sites for hydroxylation is 1. The maximum Gasteiger partial charge on any atom is 0.220 e. The summed E-state index contributed by atoms with van der Waals surface area (Å²) in [6, 6.07) is 5.09. The number of anilines is 1. The summed E-state index contributed by atoms with van der Waals surface area (Å²) in [4.78, 5) is 8.37. The molecule has 0 atom stereocenters. The number of nitrogens with zero attached hydrogens (tertiary/aromatic N) is 2. The lowest BCUT2D eigenvalue weighted by molar-refractivity contribution is 0.617. The van der Waals surface area contributed by atoms with E-state index in [9.17, 15) is 4.39 Å². The van der Waals surface area contributed by atoms with Crippen LogP contribution >= 0.6 is 0 Å². The molecule has 94 valence electrons. The highest BCUT2D eigenvalue weighted by atomic mass is 19.1. The quantitative estimate of drug-likeness (QED) is 0.884. The van der Waals surface area contributed by atoms with E-state index in [0.717, 1.165) is 28.9 Å². The molecule has 0 saturated heterocycles. The first-order chi connectivity index (χ1) is 8.52. The molecule has 1 aromatic carbocycles. The Morgan fingerprint density at radius 3 is 2.56 bits per heavy atom. The van der Waals surface area contributed by atoms with Crippen molar-refractivity contribution in [3.05, 3.63) is 40.8 Å². The first kappa shape index (κ1) is 12.5. The molecule has 2 aromatic rings. The van der Waals surface area contributed by atoms with Crippen LogP contribution in [0.3, 0.4) is 0 Å². The van der Waals surface area contributed by atoms with Gasteiger partial charge in [-0.15, -0.1) is 0 Å². The predicted molar refractivity (Wildman–Crippen MR) is 70.7 cm³/mol. The predicted octanol–water partition coefficient (Wildman–Crippen LogP) is 3.04. The average molecular weight is 245 g/mol. The van der Waals surface area contributed by atoms with E-state index < -0.39 is 0 Å². The van der Waals surface area contributed by atoms with Crippen molar-refractivity contribution < 1.29 is 4.39 Å². The highest BCUT2D eigenvalue weighted by Crippen LogP contribution is 2.26. The van der Waals surface area contributed by atoms with Gasteiger partial charge >= 0.3 is 0 Å². The summed E-state index contributed by atoms with van der Waals surface area (Å²) < 4.78 is 13.4. The number of aromatic nitrogens is 2. The third-order valence-corrected chi connectivity index (χ3v) is 3.16. The van der Waals surface area contributed by atoms with Crippen LogP contribution in [-0.4, -0.2) is 9.97 Å². The van der Waals surface area contributed by atoms with Gasteiger partial charge in [0.25, 0.3) is 0 Å². The Kier molecular flexibility index (Phi) is 3.28. The molecule has 0 radical (unpaired) electrons. The van der Waals surface area contributed by atoms with Crippen LogP contribution < -0.4 is 5.73 Å². The van der Waals surface area contributed by atoms with Crippen molar-refractivity contribution in [2.45, 2.75) is 27.2 Å². The minimum atomic E-state index is -0.200. The molecule has 18 heavy (non-hydrogen) atoms. The van der Waals surface area contributed by atoms with Gasteiger partial charge in [0.2, 0.25) is 5.95 Å². The zero-order valence-electron chi connectivity index (χ0n) is 10.8. The third-order valence-electron chi connectivity index (χ3n) is 3.16. The monoisotopic (exact) mass is 245 g/mol. The summed E-state index contributed by atoms with van der Waals surface area (Å²) in [5.74, 6) is 0.0553. The molecule has 0 bridgehead atoms. The molecule has 0 aliphatic rings. The van der Waals surface area contributed by atoms with Gasteiger partial charge < -0.3 is 5.73 Å². The SMILES string of the molecule is CCc1cc(-c2ccc(F)c(C)c2C)nc(N)n1. The fraction of sp³-hybridized carbons (Fsp3) is 0.286. The lowest BCUT2D eigenvalue weighted by Crippen LogP contribution is -2.01. The Bertz CT molecular complexity index is 594. The van der Waals surface area contributed by atoms with Crippen molar-refractivity contribution in [3.8, 4) is 11.3 Å². The van der Waals surface area contributed by atoms with Crippen molar-refractivity contribution in [3.63, 3.8) is 0 Å². The molecular weight excluding hydrogens is 229 g/mol. The second-order valence-corrected chi connectivity index (χ2v) is 4.30. The Hall–Kier alpha value is -1.97. The van der Waals surface area contributed by atoms with Gasteiger partial charge in [0.15, 0.2) is 0 Å². The topological polar surface area (TPSA) is 51.8 Å². The Morgan fingerprint density at radius 1 is 1.17 bits per heavy atom. The Labute approximate surface area is 106 Å². The molecule has 1 heterocycles. The fourth-order valence-corrected chi connectivity index (χ4v) is 1.90. The molecule has 0 amide bonds. The Morgan fingerprint density at radius 2 is 1.89 bits per heavy atom. The number of nitrogen functional groups attached to an aromatic ring is 1. The molecule has 0 saturated carbocycles. The van der Waals surface area contributed by atoms with Gasteiger partial charge in [-0.25, -0.2) is 14.4 Å². The summed E-state index contributed by atoms with van der Waals surface area (Å²) in [7, 11) is 0. The van der Waals surface area contributed by atoms with Crippen molar-refractivity contribution >= 4 is 5.95 Å². The number of halogens is 1. The lowest BCUT2D eigenvalue weighted by atomic mass is 10.00. The number of benzene rings is 1. The highest BCUT2D eigenvalue weighted by molar-refractivity contribution is 5.66. The van der Waals surface area contributed by atoms with Crippen LogP contribution in [0.5, 0.6) is 0 Å². The fourth-order valence-electron chi connectivity index (χ4n) is 1.90.